The molecule has 386 valence electrons. The van der Waals surface area contributed by atoms with Crippen LogP contribution in [-0.4, -0.2) is 14.8 Å². The molecule has 0 amide bonds. The highest BCUT2D eigenvalue weighted by molar-refractivity contribution is 6.10. The van der Waals surface area contributed by atoms with Gasteiger partial charge in [0.05, 0.1) is 0 Å². The maximum atomic E-state index is 6.34. The minimum atomic E-state index is 0.814. The van der Waals surface area contributed by atoms with Crippen molar-refractivity contribution in [3.63, 3.8) is 0 Å². The van der Waals surface area contributed by atoms with Crippen LogP contribution in [0, 0.1) is 0 Å². The lowest BCUT2D eigenvalue weighted by Gasteiger charge is -2.12. The van der Waals surface area contributed by atoms with E-state index in [9.17, 15) is 0 Å². The smallest absolute Gasteiger partial charge is 0.168 e. The molecule has 81 heavy (non-hydrogen) atoms. The first-order valence-corrected chi connectivity index (χ1v) is 28.0. The number of hydrogen-bond donors (Lipinski definition) is 0. The van der Waals surface area contributed by atoms with Gasteiger partial charge < -0.3 is 17.7 Å². The number of nitrogens with zero attached hydrogens (tertiary/aromatic N) is 3. The Hall–Kier alpha value is -10.2. The molecule has 0 fully saturated rings. The Morgan fingerprint density at radius 2 is 0.543 bits per heavy atom. The fraction of sp³-hybridized carbons (Fsp3) is 0.0811. The van der Waals surface area contributed by atoms with Gasteiger partial charge in [-0.15, -0.1) is 10.2 Å². The van der Waals surface area contributed by atoms with Gasteiger partial charge in [-0.3, -0.25) is 4.57 Å². The topological polar surface area (TPSA) is 83.3 Å². The van der Waals surface area contributed by atoms with Gasteiger partial charge in [-0.25, -0.2) is 0 Å². The summed E-state index contributed by atoms with van der Waals surface area (Å²) in [5.41, 5.74) is 20.1. The van der Waals surface area contributed by atoms with Gasteiger partial charge in [0.2, 0.25) is 0 Å². The van der Waals surface area contributed by atoms with Crippen molar-refractivity contribution in [2.45, 2.75) is 38.5 Å². The lowest BCUT2D eigenvalue weighted by Crippen LogP contribution is -2.00. The quantitative estimate of drug-likeness (QED) is 0.114. The molecule has 7 nitrogen and oxygen atoms in total. The number of aryl methyl sites for hydroxylation is 4. The molecule has 0 aliphatic carbocycles. The minimum Gasteiger partial charge on any atom is -0.456 e. The summed E-state index contributed by atoms with van der Waals surface area (Å²) in [6, 6.07) is 83.9. The first-order chi connectivity index (χ1) is 40.1. The third kappa shape index (κ3) is 8.44. The summed E-state index contributed by atoms with van der Waals surface area (Å²) in [4.78, 5) is 0. The lowest BCUT2D eigenvalue weighted by atomic mass is 9.99. The molecule has 0 saturated heterocycles. The molecule has 0 unspecified atom stereocenters. The SMILES string of the molecule is c1ccc(-n2c(-c3ccc(CCCc4ccc5oc6ccc(-c7ccc8oc9ccccc9c8c7)cc6c5c4)cc3)nnc2-c2ccc(CCCc3ccc4oc5ccc(-c6ccc7oc8ccccc8c7c6)cc5c4c3)cc2)cc1. The van der Waals surface area contributed by atoms with Crippen LogP contribution in [0.2, 0.25) is 0 Å². The Bertz CT molecular complexity index is 4760. The molecule has 11 aromatic carbocycles. The van der Waals surface area contributed by atoms with Crippen LogP contribution < -0.4 is 0 Å². The molecule has 16 rings (SSSR count). The maximum Gasteiger partial charge on any atom is 0.168 e. The number of fused-ring (bicyclic) bond motifs is 12. The second kappa shape index (κ2) is 19.3. The number of furan rings is 4. The van der Waals surface area contributed by atoms with E-state index in [1.807, 2.05) is 30.3 Å². The summed E-state index contributed by atoms with van der Waals surface area (Å²) in [7, 11) is 0. The molecule has 16 aromatic rings. The van der Waals surface area contributed by atoms with Crippen molar-refractivity contribution in [2.24, 2.45) is 0 Å². The van der Waals surface area contributed by atoms with E-state index in [1.165, 1.54) is 22.3 Å². The standard InChI is InChI=1S/C74H51N3O4/c1-2-14-56(15-3-1)77-73(50-26-20-46(21-27-50)10-8-12-48-24-34-67-59(40-48)63-44-54(32-38-71(63)80-67)52-30-36-69-61(42-52)57-16-4-6-18-65(57)78-69)75-76-74(77)51-28-22-47(23-29-51)11-9-13-49-25-35-68-60(41-49)64-45-55(33-39-72(64)81-68)53-31-37-70-62(43-53)58-17-5-7-19-66(58)79-70/h1-7,14-45H,8-13H2. The van der Waals surface area contributed by atoms with Crippen LogP contribution in [0.1, 0.15) is 35.1 Å². The number of benzene rings is 11. The lowest BCUT2D eigenvalue weighted by molar-refractivity contribution is 0.668. The van der Waals surface area contributed by atoms with Gasteiger partial charge in [-0.1, -0.05) is 140 Å². The molecule has 0 aliphatic heterocycles. The van der Waals surface area contributed by atoms with Crippen LogP contribution in [0.15, 0.2) is 254 Å². The summed E-state index contributed by atoms with van der Waals surface area (Å²) >= 11 is 0. The third-order valence-electron chi connectivity index (χ3n) is 16.5. The first kappa shape index (κ1) is 46.8. The van der Waals surface area contributed by atoms with Gasteiger partial charge >= 0.3 is 0 Å². The molecule has 7 heteroatoms. The number of hydrogen-bond acceptors (Lipinski definition) is 6. The van der Waals surface area contributed by atoms with Crippen molar-refractivity contribution >= 4 is 87.8 Å². The van der Waals surface area contributed by atoms with Gasteiger partial charge in [0, 0.05) is 59.9 Å². The Morgan fingerprint density at radius 3 is 0.951 bits per heavy atom. The van der Waals surface area contributed by atoms with E-state index in [-0.39, 0.29) is 0 Å². The monoisotopic (exact) mass is 1050 g/mol. The first-order valence-electron chi connectivity index (χ1n) is 28.0. The molecule has 0 spiro atoms. The van der Waals surface area contributed by atoms with Gasteiger partial charge in [-0.2, -0.15) is 0 Å². The van der Waals surface area contributed by atoms with E-state index in [4.69, 9.17) is 27.9 Å². The second-order valence-electron chi connectivity index (χ2n) is 21.5. The van der Waals surface area contributed by atoms with Crippen molar-refractivity contribution < 1.29 is 17.7 Å². The predicted molar refractivity (Wildman–Crippen MR) is 329 cm³/mol. The van der Waals surface area contributed by atoms with Crippen LogP contribution in [0.4, 0.5) is 0 Å². The molecular weight excluding hydrogens is 995 g/mol. The Labute approximate surface area is 465 Å². The van der Waals surface area contributed by atoms with Gasteiger partial charge in [0.25, 0.3) is 0 Å². The summed E-state index contributed by atoms with van der Waals surface area (Å²) in [5, 5.41) is 18.7. The van der Waals surface area contributed by atoms with E-state index < -0.39 is 0 Å². The molecule has 0 bridgehead atoms. The molecule has 0 saturated carbocycles. The Balaban J connectivity index is 0.588. The van der Waals surface area contributed by atoms with Crippen molar-refractivity contribution in [3.8, 4) is 50.7 Å². The van der Waals surface area contributed by atoms with Crippen LogP contribution >= 0.6 is 0 Å². The third-order valence-corrected chi connectivity index (χ3v) is 16.5. The zero-order valence-corrected chi connectivity index (χ0v) is 44.2. The highest BCUT2D eigenvalue weighted by atomic mass is 16.3. The average Bonchev–Trinajstić information content (AvgIpc) is 4.57. The summed E-state index contributed by atoms with van der Waals surface area (Å²) in [6.07, 6.45) is 5.90. The highest BCUT2D eigenvalue weighted by Gasteiger charge is 2.19. The molecule has 5 aromatic heterocycles. The van der Waals surface area contributed by atoms with Gasteiger partial charge in [0.15, 0.2) is 11.6 Å². The molecular formula is C74H51N3O4. The molecule has 0 N–H and O–H groups in total. The number of aromatic nitrogens is 3. The zero-order valence-electron chi connectivity index (χ0n) is 44.2. The maximum absolute atomic E-state index is 6.34. The van der Waals surface area contributed by atoms with Crippen LogP contribution in [0.5, 0.6) is 0 Å². The second-order valence-corrected chi connectivity index (χ2v) is 21.5. The van der Waals surface area contributed by atoms with E-state index in [1.54, 1.807) is 0 Å². The largest absolute Gasteiger partial charge is 0.456 e. The van der Waals surface area contributed by atoms with E-state index >= 15 is 0 Å². The number of para-hydroxylation sites is 3. The zero-order chi connectivity index (χ0) is 53.4. The molecule has 5 heterocycles. The van der Waals surface area contributed by atoms with Gasteiger partial charge in [0.1, 0.15) is 44.7 Å². The molecule has 0 radical (unpaired) electrons. The van der Waals surface area contributed by atoms with Crippen molar-refractivity contribution in [2.75, 3.05) is 0 Å². The van der Waals surface area contributed by atoms with Crippen LogP contribution in [-0.2, 0) is 25.7 Å². The van der Waals surface area contributed by atoms with E-state index in [0.29, 0.717) is 0 Å². The average molecular weight is 1050 g/mol. The van der Waals surface area contributed by atoms with E-state index in [2.05, 4.69) is 211 Å². The summed E-state index contributed by atoms with van der Waals surface area (Å²) in [6.45, 7) is 0. The fourth-order valence-electron chi connectivity index (χ4n) is 12.2. The summed E-state index contributed by atoms with van der Waals surface area (Å²) in [5.74, 6) is 1.63. The van der Waals surface area contributed by atoms with Crippen molar-refractivity contribution in [3.05, 3.63) is 259 Å². The number of rotatable bonds is 13. The summed E-state index contributed by atoms with van der Waals surface area (Å²) < 4.78 is 27.1. The van der Waals surface area contributed by atoms with E-state index in [0.717, 1.165) is 177 Å². The Kier molecular flexibility index (Phi) is 11.1. The minimum absolute atomic E-state index is 0.814. The predicted octanol–water partition coefficient (Wildman–Crippen LogP) is 19.9. The van der Waals surface area contributed by atoms with Crippen molar-refractivity contribution in [1.29, 1.82) is 0 Å². The van der Waals surface area contributed by atoms with Crippen LogP contribution in [0.3, 0.4) is 0 Å². The highest BCUT2D eigenvalue weighted by Crippen LogP contribution is 2.39. The normalized spacial score (nSPS) is 12.0. The molecule has 0 aliphatic rings. The molecule has 0 atom stereocenters. The van der Waals surface area contributed by atoms with Gasteiger partial charge in [-0.05, 0) is 180 Å². The Morgan fingerprint density at radius 1 is 0.247 bits per heavy atom. The van der Waals surface area contributed by atoms with Crippen molar-refractivity contribution in [1.82, 2.24) is 14.8 Å². The van der Waals surface area contributed by atoms with Crippen LogP contribution in [0.25, 0.3) is 138 Å². The fourth-order valence-corrected chi connectivity index (χ4v) is 12.2.